The first-order valence-electron chi connectivity index (χ1n) is 10.7. The molecule has 162 valence electrons. The molecule has 1 spiro atoms. The largest absolute Gasteiger partial charge is 0.467 e. The van der Waals surface area contributed by atoms with Gasteiger partial charge in [-0.2, -0.15) is 0 Å². The third-order valence-electron chi connectivity index (χ3n) is 6.09. The number of thiazole rings is 1. The number of anilines is 1. The van der Waals surface area contributed by atoms with Crippen LogP contribution in [0, 0.1) is 0 Å². The predicted octanol–water partition coefficient (Wildman–Crippen LogP) is 2.49. The van der Waals surface area contributed by atoms with E-state index in [1.54, 1.807) is 18.2 Å². The molecule has 1 fully saturated rings. The zero-order valence-electron chi connectivity index (χ0n) is 17.1. The fraction of sp³-hybridized carbons (Fsp3) is 0.455. The normalized spacial score (nSPS) is 22.8. The van der Waals surface area contributed by atoms with E-state index in [4.69, 9.17) is 4.74 Å². The SMILES string of the molecule is O=C(CN1CC[C@]2(CCC1=O)NC(=O)c1ccccc1O2)Nc1nc2c(s1)CCCC2. The molecule has 1 aromatic carbocycles. The van der Waals surface area contributed by atoms with Crippen LogP contribution in [0.3, 0.4) is 0 Å². The highest BCUT2D eigenvalue weighted by atomic mass is 32.1. The summed E-state index contributed by atoms with van der Waals surface area (Å²) in [4.78, 5) is 45.1. The highest BCUT2D eigenvalue weighted by molar-refractivity contribution is 7.15. The summed E-state index contributed by atoms with van der Waals surface area (Å²) < 4.78 is 6.13. The molecule has 1 aromatic heterocycles. The van der Waals surface area contributed by atoms with E-state index in [1.807, 2.05) is 6.07 Å². The Balaban J connectivity index is 1.24. The van der Waals surface area contributed by atoms with Crippen molar-refractivity contribution in [2.45, 2.75) is 50.7 Å². The molecule has 5 rings (SSSR count). The van der Waals surface area contributed by atoms with Crippen LogP contribution in [0.1, 0.15) is 53.0 Å². The van der Waals surface area contributed by atoms with Gasteiger partial charge in [0.05, 0.1) is 17.8 Å². The molecule has 3 aliphatic rings. The number of hydrogen-bond acceptors (Lipinski definition) is 6. The molecule has 3 heterocycles. The van der Waals surface area contributed by atoms with Gasteiger partial charge in [0.15, 0.2) is 10.9 Å². The van der Waals surface area contributed by atoms with Gasteiger partial charge in [-0.1, -0.05) is 12.1 Å². The van der Waals surface area contributed by atoms with Gasteiger partial charge >= 0.3 is 0 Å². The Morgan fingerprint density at radius 1 is 1.19 bits per heavy atom. The number of carbonyl (C=O) groups is 3. The molecule has 2 N–H and O–H groups in total. The summed E-state index contributed by atoms with van der Waals surface area (Å²) in [6, 6.07) is 7.09. The van der Waals surface area contributed by atoms with Crippen molar-refractivity contribution < 1.29 is 19.1 Å². The molecule has 0 unspecified atom stereocenters. The Bertz CT molecular complexity index is 1030. The van der Waals surface area contributed by atoms with Crippen molar-refractivity contribution in [3.05, 3.63) is 40.4 Å². The Morgan fingerprint density at radius 3 is 2.90 bits per heavy atom. The maximum absolute atomic E-state index is 12.7. The molecular weight excluding hydrogens is 416 g/mol. The number of benzene rings is 1. The van der Waals surface area contributed by atoms with E-state index in [9.17, 15) is 14.4 Å². The van der Waals surface area contributed by atoms with Gasteiger partial charge in [-0.25, -0.2) is 4.98 Å². The molecule has 0 bridgehead atoms. The maximum Gasteiger partial charge on any atom is 0.258 e. The number of aryl methyl sites for hydroxylation is 2. The number of carbonyl (C=O) groups excluding carboxylic acids is 3. The van der Waals surface area contributed by atoms with Crippen LogP contribution in [-0.4, -0.2) is 46.4 Å². The smallest absolute Gasteiger partial charge is 0.258 e. The first-order chi connectivity index (χ1) is 15.0. The lowest BCUT2D eigenvalue weighted by Gasteiger charge is -2.38. The lowest BCUT2D eigenvalue weighted by molar-refractivity contribution is -0.134. The highest BCUT2D eigenvalue weighted by Crippen LogP contribution is 2.34. The van der Waals surface area contributed by atoms with Crippen LogP contribution in [0.15, 0.2) is 24.3 Å². The number of amides is 3. The van der Waals surface area contributed by atoms with Gasteiger partial charge in [0.2, 0.25) is 11.8 Å². The third-order valence-corrected chi connectivity index (χ3v) is 7.16. The maximum atomic E-state index is 12.7. The Kier molecular flexibility index (Phi) is 5.13. The quantitative estimate of drug-likeness (QED) is 0.764. The van der Waals surface area contributed by atoms with Gasteiger partial charge in [-0.05, 0) is 37.8 Å². The molecule has 1 saturated heterocycles. The molecule has 8 nitrogen and oxygen atoms in total. The number of nitrogens with one attached hydrogen (secondary N) is 2. The van der Waals surface area contributed by atoms with Crippen LogP contribution in [0.4, 0.5) is 5.13 Å². The van der Waals surface area contributed by atoms with Crippen molar-refractivity contribution in [3.63, 3.8) is 0 Å². The van der Waals surface area contributed by atoms with Gasteiger partial charge < -0.3 is 20.3 Å². The molecule has 0 radical (unpaired) electrons. The average molecular weight is 441 g/mol. The van der Waals surface area contributed by atoms with Crippen LogP contribution >= 0.6 is 11.3 Å². The zero-order chi connectivity index (χ0) is 21.4. The predicted molar refractivity (Wildman–Crippen MR) is 115 cm³/mol. The second-order valence-corrected chi connectivity index (χ2v) is 9.34. The standard InChI is InChI=1S/C22H24N4O4S/c27-18(24-21-23-15-6-2-4-8-17(15)31-21)13-26-12-11-22(10-9-19(26)28)25-20(29)14-5-1-3-7-16(14)30-22/h1,3,5,7H,2,4,6,8-13H2,(H,25,29)(H,23,24,27)/t22-/m1/s1. The van der Waals surface area contributed by atoms with Crippen LogP contribution in [0.5, 0.6) is 5.75 Å². The number of nitrogens with zero attached hydrogens (tertiary/aromatic N) is 2. The minimum absolute atomic E-state index is 0.0380. The fourth-order valence-electron chi connectivity index (χ4n) is 4.42. The van der Waals surface area contributed by atoms with Gasteiger partial charge in [-0.3, -0.25) is 14.4 Å². The first-order valence-corrected chi connectivity index (χ1v) is 11.5. The molecule has 31 heavy (non-hydrogen) atoms. The number of fused-ring (bicyclic) bond motifs is 2. The van der Waals surface area contributed by atoms with Gasteiger partial charge in [0, 0.05) is 30.7 Å². The first kappa shape index (κ1) is 20.0. The topological polar surface area (TPSA) is 101 Å². The summed E-state index contributed by atoms with van der Waals surface area (Å²) in [7, 11) is 0. The second kappa shape index (κ2) is 7.96. The third kappa shape index (κ3) is 4.01. The number of hydrogen-bond donors (Lipinski definition) is 2. The zero-order valence-corrected chi connectivity index (χ0v) is 17.9. The van der Waals surface area contributed by atoms with E-state index in [0.29, 0.717) is 35.8 Å². The summed E-state index contributed by atoms with van der Waals surface area (Å²) in [5.74, 6) is -0.0534. The summed E-state index contributed by atoms with van der Waals surface area (Å²) in [6.07, 6.45) is 5.25. The van der Waals surface area contributed by atoms with Crippen LogP contribution in [-0.2, 0) is 22.4 Å². The lowest BCUT2D eigenvalue weighted by atomic mass is 10.0. The number of para-hydroxylation sites is 1. The monoisotopic (exact) mass is 440 g/mol. The number of rotatable bonds is 3. The summed E-state index contributed by atoms with van der Waals surface area (Å²) in [5, 5.41) is 6.40. The van der Waals surface area contributed by atoms with Gasteiger partial charge in [-0.15, -0.1) is 11.3 Å². The molecule has 2 aliphatic heterocycles. The number of likely N-dealkylation sites (tertiary alicyclic amines) is 1. The highest BCUT2D eigenvalue weighted by Gasteiger charge is 2.42. The molecule has 1 aliphatic carbocycles. The van der Waals surface area contributed by atoms with Crippen molar-refractivity contribution in [2.75, 3.05) is 18.4 Å². The number of aromatic nitrogens is 1. The van der Waals surface area contributed by atoms with E-state index in [0.717, 1.165) is 31.4 Å². The van der Waals surface area contributed by atoms with E-state index >= 15 is 0 Å². The molecular formula is C22H24N4O4S. The minimum atomic E-state index is -0.930. The van der Waals surface area contributed by atoms with Crippen molar-refractivity contribution in [1.82, 2.24) is 15.2 Å². The Morgan fingerprint density at radius 2 is 2.03 bits per heavy atom. The van der Waals surface area contributed by atoms with E-state index in [-0.39, 0.29) is 30.7 Å². The van der Waals surface area contributed by atoms with Crippen LogP contribution < -0.4 is 15.4 Å². The average Bonchev–Trinajstić information content (AvgIpc) is 3.11. The molecule has 1 atom stereocenters. The Labute approximate surface area is 184 Å². The summed E-state index contributed by atoms with van der Waals surface area (Å²) >= 11 is 1.53. The second-order valence-electron chi connectivity index (χ2n) is 8.26. The summed E-state index contributed by atoms with van der Waals surface area (Å²) in [5.41, 5.74) is 0.650. The fourth-order valence-corrected chi connectivity index (χ4v) is 5.48. The summed E-state index contributed by atoms with van der Waals surface area (Å²) in [6.45, 7) is 0.284. The van der Waals surface area contributed by atoms with Gasteiger partial charge in [0.1, 0.15) is 5.75 Å². The van der Waals surface area contributed by atoms with Crippen molar-refractivity contribution in [3.8, 4) is 5.75 Å². The van der Waals surface area contributed by atoms with Crippen LogP contribution in [0.25, 0.3) is 0 Å². The Hall–Kier alpha value is -2.94. The van der Waals surface area contributed by atoms with Gasteiger partial charge in [0.25, 0.3) is 5.91 Å². The molecule has 9 heteroatoms. The van der Waals surface area contributed by atoms with E-state index in [2.05, 4.69) is 15.6 Å². The molecule has 2 aromatic rings. The van der Waals surface area contributed by atoms with Crippen LogP contribution in [0.2, 0.25) is 0 Å². The minimum Gasteiger partial charge on any atom is -0.467 e. The number of ether oxygens (including phenoxy) is 1. The molecule has 0 saturated carbocycles. The lowest BCUT2D eigenvalue weighted by Crippen LogP contribution is -2.56. The molecule has 3 amide bonds. The van der Waals surface area contributed by atoms with Crippen molar-refractivity contribution >= 4 is 34.2 Å². The van der Waals surface area contributed by atoms with E-state index < -0.39 is 5.72 Å². The van der Waals surface area contributed by atoms with E-state index in [1.165, 1.54) is 21.1 Å². The van der Waals surface area contributed by atoms with Crippen molar-refractivity contribution in [1.29, 1.82) is 0 Å². The van der Waals surface area contributed by atoms with Crippen molar-refractivity contribution in [2.24, 2.45) is 0 Å².